The fourth-order valence-electron chi connectivity index (χ4n) is 1.92. The highest BCUT2D eigenvalue weighted by atomic mass is 32.1. The lowest BCUT2D eigenvalue weighted by Gasteiger charge is -2.01. The molecule has 1 N–H and O–H groups in total. The lowest BCUT2D eigenvalue weighted by molar-refractivity contribution is -0.137. The highest BCUT2D eigenvalue weighted by molar-refractivity contribution is 7.05. The zero-order valence-electron chi connectivity index (χ0n) is 11.0. The smallest absolute Gasteiger partial charge is 0.303 e. The molecule has 1 aromatic heterocycles. The van der Waals surface area contributed by atoms with Gasteiger partial charge in [0, 0.05) is 11.3 Å². The summed E-state index contributed by atoms with van der Waals surface area (Å²) in [5.74, 6) is -0.677. The number of aryl methyl sites for hydroxylation is 2. The Balaban J connectivity index is 1.87. The lowest BCUT2D eigenvalue weighted by Crippen LogP contribution is -1.93. The minimum atomic E-state index is -0.677. The summed E-state index contributed by atoms with van der Waals surface area (Å²) in [6.45, 7) is 2.02. The van der Waals surface area contributed by atoms with E-state index in [0.717, 1.165) is 31.4 Å². The van der Waals surface area contributed by atoms with Crippen molar-refractivity contribution in [3.8, 4) is 0 Å². The van der Waals surface area contributed by atoms with Gasteiger partial charge in [-0.15, -0.1) is 5.10 Å². The van der Waals surface area contributed by atoms with Crippen molar-refractivity contribution in [1.29, 1.82) is 0 Å². The van der Waals surface area contributed by atoms with Crippen molar-refractivity contribution in [3.63, 3.8) is 0 Å². The van der Waals surface area contributed by atoms with Gasteiger partial charge < -0.3 is 5.11 Å². The summed E-state index contributed by atoms with van der Waals surface area (Å²) < 4.78 is 3.93. The first-order chi connectivity index (χ1) is 8.70. The third-order valence-corrected chi connectivity index (χ3v) is 3.92. The van der Waals surface area contributed by atoms with Gasteiger partial charge in [0.2, 0.25) is 0 Å². The number of aromatic nitrogens is 2. The van der Waals surface area contributed by atoms with Crippen molar-refractivity contribution in [2.45, 2.75) is 64.7 Å². The van der Waals surface area contributed by atoms with E-state index >= 15 is 0 Å². The van der Waals surface area contributed by atoms with Crippen molar-refractivity contribution in [3.05, 3.63) is 10.6 Å². The maximum Gasteiger partial charge on any atom is 0.303 e. The first-order valence-corrected chi connectivity index (χ1v) is 7.47. The Morgan fingerprint density at radius 3 is 2.28 bits per heavy atom. The van der Waals surface area contributed by atoms with Crippen LogP contribution in [0.2, 0.25) is 0 Å². The molecule has 0 aromatic carbocycles. The van der Waals surface area contributed by atoms with Gasteiger partial charge in [0.05, 0.1) is 5.69 Å². The Labute approximate surface area is 113 Å². The second-order valence-electron chi connectivity index (χ2n) is 4.65. The van der Waals surface area contributed by atoms with E-state index in [1.54, 1.807) is 0 Å². The molecular formula is C13H22N2O2S. The predicted molar refractivity (Wildman–Crippen MR) is 72.9 cm³/mol. The van der Waals surface area contributed by atoms with E-state index in [1.165, 1.54) is 42.1 Å². The van der Waals surface area contributed by atoms with Gasteiger partial charge in [-0.25, -0.2) is 0 Å². The highest BCUT2D eigenvalue weighted by Gasteiger charge is 2.02. The van der Waals surface area contributed by atoms with E-state index < -0.39 is 5.97 Å². The van der Waals surface area contributed by atoms with Crippen LogP contribution in [0.1, 0.15) is 61.9 Å². The SMILES string of the molecule is Cc1nnsc1CCCCCCCCCC(=O)O. The van der Waals surface area contributed by atoms with Crippen molar-refractivity contribution in [2.75, 3.05) is 0 Å². The number of hydrogen-bond acceptors (Lipinski definition) is 4. The molecule has 0 bridgehead atoms. The van der Waals surface area contributed by atoms with E-state index in [0.29, 0.717) is 6.42 Å². The first kappa shape index (κ1) is 15.1. The molecule has 0 saturated heterocycles. The quantitative estimate of drug-likeness (QED) is 0.660. The minimum absolute atomic E-state index is 0.317. The van der Waals surface area contributed by atoms with Gasteiger partial charge in [0.25, 0.3) is 0 Å². The summed E-state index contributed by atoms with van der Waals surface area (Å²) in [4.78, 5) is 11.6. The lowest BCUT2D eigenvalue weighted by atomic mass is 10.1. The molecular weight excluding hydrogens is 248 g/mol. The summed E-state index contributed by atoms with van der Waals surface area (Å²) >= 11 is 1.51. The van der Waals surface area contributed by atoms with Crippen molar-refractivity contribution in [1.82, 2.24) is 9.59 Å². The average Bonchev–Trinajstić information content (AvgIpc) is 2.72. The summed E-state index contributed by atoms with van der Waals surface area (Å²) in [6.07, 6.45) is 9.37. The molecule has 0 amide bonds. The van der Waals surface area contributed by atoms with Crippen LogP contribution >= 0.6 is 11.5 Å². The average molecular weight is 270 g/mol. The molecule has 4 nitrogen and oxygen atoms in total. The molecule has 18 heavy (non-hydrogen) atoms. The number of aliphatic carboxylic acids is 1. The normalized spacial score (nSPS) is 10.7. The Hall–Kier alpha value is -0.970. The van der Waals surface area contributed by atoms with E-state index in [2.05, 4.69) is 9.59 Å². The van der Waals surface area contributed by atoms with Gasteiger partial charge in [0.1, 0.15) is 0 Å². The van der Waals surface area contributed by atoms with Crippen molar-refractivity contribution in [2.24, 2.45) is 0 Å². The predicted octanol–water partition coefficient (Wildman–Crippen LogP) is 3.59. The molecule has 0 spiro atoms. The van der Waals surface area contributed by atoms with Gasteiger partial charge in [-0.1, -0.05) is 36.6 Å². The molecule has 5 heteroatoms. The van der Waals surface area contributed by atoms with Gasteiger partial charge in [-0.2, -0.15) is 0 Å². The van der Waals surface area contributed by atoms with Crippen LogP contribution in [0.25, 0.3) is 0 Å². The number of carboxylic acids is 1. The Bertz CT molecular complexity index is 353. The molecule has 1 aromatic rings. The maximum atomic E-state index is 10.3. The molecule has 0 radical (unpaired) electrons. The summed E-state index contributed by atoms with van der Waals surface area (Å²) in [5.41, 5.74) is 1.08. The molecule has 1 rings (SSSR count). The van der Waals surface area contributed by atoms with Crippen LogP contribution < -0.4 is 0 Å². The number of carboxylic acid groups (broad SMARTS) is 1. The summed E-state index contributed by atoms with van der Waals surface area (Å²) in [6, 6.07) is 0. The van der Waals surface area contributed by atoms with Crippen LogP contribution in [0.4, 0.5) is 0 Å². The summed E-state index contributed by atoms with van der Waals surface area (Å²) in [5, 5.41) is 12.5. The highest BCUT2D eigenvalue weighted by Crippen LogP contribution is 2.15. The molecule has 0 saturated carbocycles. The fraction of sp³-hybridized carbons (Fsp3) is 0.769. The van der Waals surface area contributed by atoms with Crippen LogP contribution in [0.15, 0.2) is 0 Å². The van der Waals surface area contributed by atoms with Crippen LogP contribution in [-0.2, 0) is 11.2 Å². The van der Waals surface area contributed by atoms with Crippen LogP contribution in [0.3, 0.4) is 0 Å². The summed E-state index contributed by atoms with van der Waals surface area (Å²) in [7, 11) is 0. The van der Waals surface area contributed by atoms with Gasteiger partial charge in [-0.05, 0) is 37.7 Å². The monoisotopic (exact) mass is 270 g/mol. The number of unbranched alkanes of at least 4 members (excludes halogenated alkanes) is 6. The van der Waals surface area contributed by atoms with Crippen LogP contribution in [-0.4, -0.2) is 20.7 Å². The van der Waals surface area contributed by atoms with E-state index in [-0.39, 0.29) is 0 Å². The molecule has 102 valence electrons. The molecule has 0 aliphatic carbocycles. The Kier molecular flexibility index (Phi) is 7.57. The third kappa shape index (κ3) is 6.69. The van der Waals surface area contributed by atoms with Crippen molar-refractivity contribution >= 4 is 17.5 Å². The van der Waals surface area contributed by atoms with Gasteiger partial charge >= 0.3 is 5.97 Å². The van der Waals surface area contributed by atoms with Crippen molar-refractivity contribution < 1.29 is 9.90 Å². The zero-order valence-corrected chi connectivity index (χ0v) is 11.8. The molecule has 0 aliphatic rings. The molecule has 0 aliphatic heterocycles. The molecule has 0 unspecified atom stereocenters. The molecule has 0 fully saturated rings. The van der Waals surface area contributed by atoms with Gasteiger partial charge in [0.15, 0.2) is 0 Å². The minimum Gasteiger partial charge on any atom is -0.481 e. The number of nitrogens with zero attached hydrogens (tertiary/aromatic N) is 2. The zero-order chi connectivity index (χ0) is 13.2. The topological polar surface area (TPSA) is 63.1 Å². The van der Waals surface area contributed by atoms with Crippen LogP contribution in [0, 0.1) is 6.92 Å². The van der Waals surface area contributed by atoms with E-state index in [9.17, 15) is 4.79 Å². The standard InChI is InChI=1S/C13H22N2O2S/c1-11-12(18-15-14-11)9-7-5-3-2-4-6-8-10-13(16)17/h2-10H2,1H3,(H,16,17). The second-order valence-corrected chi connectivity index (χ2v) is 5.49. The largest absolute Gasteiger partial charge is 0.481 e. The third-order valence-electron chi connectivity index (χ3n) is 3.04. The number of rotatable bonds is 10. The van der Waals surface area contributed by atoms with E-state index in [4.69, 9.17) is 5.11 Å². The van der Waals surface area contributed by atoms with Crippen LogP contribution in [0.5, 0.6) is 0 Å². The Morgan fingerprint density at radius 1 is 1.11 bits per heavy atom. The number of hydrogen-bond donors (Lipinski definition) is 1. The molecule has 1 heterocycles. The Morgan fingerprint density at radius 2 is 1.72 bits per heavy atom. The number of carbonyl (C=O) groups is 1. The maximum absolute atomic E-state index is 10.3. The van der Waals surface area contributed by atoms with E-state index in [1.807, 2.05) is 6.92 Å². The van der Waals surface area contributed by atoms with Gasteiger partial charge in [-0.3, -0.25) is 4.79 Å². The second kappa shape index (κ2) is 9.03. The molecule has 0 atom stereocenters. The first-order valence-electron chi connectivity index (χ1n) is 6.70. The fourth-order valence-corrected chi connectivity index (χ4v) is 2.60.